The number of thiophene rings is 1. The zero-order valence-corrected chi connectivity index (χ0v) is 12.7. The Labute approximate surface area is 125 Å². The van der Waals surface area contributed by atoms with Gasteiger partial charge in [0.2, 0.25) is 0 Å². The fraction of sp³-hybridized carbons (Fsp3) is 0.231. The molecule has 0 aliphatic carbocycles. The second-order valence-electron chi connectivity index (χ2n) is 4.49. The van der Waals surface area contributed by atoms with E-state index in [-0.39, 0.29) is 16.4 Å². The Morgan fingerprint density at radius 2 is 2.05 bits per heavy atom. The average molecular weight is 332 g/mol. The lowest BCUT2D eigenvalue weighted by Crippen LogP contribution is -2.35. The monoisotopic (exact) mass is 331 g/mol. The smallest absolute Gasteiger partial charge is 0.262 e. The molecular formula is C13H11ClFNO2S2. The first-order valence-corrected chi connectivity index (χ1v) is 8.69. The first-order chi connectivity index (χ1) is 9.50. The molecule has 0 radical (unpaired) electrons. The maximum atomic E-state index is 14.0. The van der Waals surface area contributed by atoms with E-state index in [0.717, 1.165) is 21.2 Å². The summed E-state index contributed by atoms with van der Waals surface area (Å²) in [5.74, 6) is -0.506. The summed E-state index contributed by atoms with van der Waals surface area (Å²) in [4.78, 5) is 0. The van der Waals surface area contributed by atoms with Gasteiger partial charge in [-0.05, 0) is 36.6 Å². The quantitative estimate of drug-likeness (QED) is 0.841. The van der Waals surface area contributed by atoms with E-state index < -0.39 is 15.8 Å². The summed E-state index contributed by atoms with van der Waals surface area (Å²) in [6, 6.07) is 7.64. The van der Waals surface area contributed by atoms with Gasteiger partial charge in [0.15, 0.2) is 0 Å². The number of benzene rings is 1. The van der Waals surface area contributed by atoms with Gasteiger partial charge >= 0.3 is 0 Å². The standard InChI is InChI=1S/C13H11ClFNO2S2/c14-11-6-7-12(19-11)20(17,18)16-8-2-4-9-3-1-5-10(15)13(9)16/h1,3,5-7H,2,4,8H2. The van der Waals surface area contributed by atoms with Crippen LogP contribution in [0, 0.1) is 5.82 Å². The van der Waals surface area contributed by atoms with Crippen LogP contribution in [0.4, 0.5) is 10.1 Å². The molecule has 0 N–H and O–H groups in total. The van der Waals surface area contributed by atoms with Crippen LogP contribution < -0.4 is 4.31 Å². The van der Waals surface area contributed by atoms with E-state index in [4.69, 9.17) is 11.6 Å². The second kappa shape index (κ2) is 5.02. The van der Waals surface area contributed by atoms with Gasteiger partial charge in [0, 0.05) is 6.54 Å². The molecule has 1 aliphatic heterocycles. The van der Waals surface area contributed by atoms with E-state index in [1.165, 1.54) is 18.2 Å². The van der Waals surface area contributed by atoms with Crippen LogP contribution in [0.1, 0.15) is 12.0 Å². The molecule has 20 heavy (non-hydrogen) atoms. The van der Waals surface area contributed by atoms with Gasteiger partial charge in [-0.25, -0.2) is 12.8 Å². The normalized spacial score (nSPS) is 15.2. The minimum Gasteiger partial charge on any atom is -0.262 e. The molecule has 7 heteroatoms. The van der Waals surface area contributed by atoms with E-state index in [1.54, 1.807) is 12.1 Å². The molecule has 2 heterocycles. The lowest BCUT2D eigenvalue weighted by molar-refractivity contribution is 0.579. The lowest BCUT2D eigenvalue weighted by Gasteiger charge is -2.30. The van der Waals surface area contributed by atoms with Crippen molar-refractivity contribution < 1.29 is 12.8 Å². The SMILES string of the molecule is O=S(=O)(c1ccc(Cl)s1)N1CCCc2cccc(F)c21. The second-order valence-corrected chi connectivity index (χ2v) is 8.29. The molecule has 0 spiro atoms. The Kier molecular flexibility index (Phi) is 3.48. The van der Waals surface area contributed by atoms with E-state index in [2.05, 4.69) is 0 Å². The van der Waals surface area contributed by atoms with Crippen LogP contribution in [0.15, 0.2) is 34.5 Å². The number of fused-ring (bicyclic) bond motifs is 1. The number of anilines is 1. The number of sulfonamides is 1. The number of hydrogen-bond acceptors (Lipinski definition) is 3. The molecule has 0 atom stereocenters. The van der Waals surface area contributed by atoms with Crippen molar-refractivity contribution in [2.45, 2.75) is 17.1 Å². The number of hydrogen-bond donors (Lipinski definition) is 0. The highest BCUT2D eigenvalue weighted by Gasteiger charge is 2.32. The summed E-state index contributed by atoms with van der Waals surface area (Å²) in [5.41, 5.74) is 0.894. The summed E-state index contributed by atoms with van der Waals surface area (Å²) < 4.78 is 41.0. The van der Waals surface area contributed by atoms with Gasteiger partial charge < -0.3 is 0 Å². The molecule has 1 aromatic carbocycles. The summed E-state index contributed by atoms with van der Waals surface area (Å²) >= 11 is 6.78. The highest BCUT2D eigenvalue weighted by atomic mass is 35.5. The van der Waals surface area contributed by atoms with Gasteiger partial charge in [0.25, 0.3) is 10.0 Å². The van der Waals surface area contributed by atoms with Gasteiger partial charge in [-0.15, -0.1) is 11.3 Å². The Morgan fingerprint density at radius 1 is 1.25 bits per heavy atom. The van der Waals surface area contributed by atoms with Crippen molar-refractivity contribution in [2.24, 2.45) is 0 Å². The maximum absolute atomic E-state index is 14.0. The molecule has 0 bridgehead atoms. The molecule has 3 rings (SSSR count). The van der Waals surface area contributed by atoms with Crippen molar-refractivity contribution in [1.29, 1.82) is 0 Å². The first kappa shape index (κ1) is 13.9. The zero-order valence-electron chi connectivity index (χ0n) is 10.3. The zero-order chi connectivity index (χ0) is 14.3. The summed E-state index contributed by atoms with van der Waals surface area (Å²) in [6.45, 7) is 0.284. The van der Waals surface area contributed by atoms with E-state index in [1.807, 2.05) is 0 Å². The van der Waals surface area contributed by atoms with E-state index in [9.17, 15) is 12.8 Å². The van der Waals surface area contributed by atoms with Crippen LogP contribution in [-0.2, 0) is 16.4 Å². The third kappa shape index (κ3) is 2.21. The van der Waals surface area contributed by atoms with Crippen molar-refractivity contribution in [3.63, 3.8) is 0 Å². The predicted octanol–water partition coefficient (Wildman–Crippen LogP) is 3.68. The highest BCUT2D eigenvalue weighted by molar-refractivity contribution is 7.94. The molecule has 0 fully saturated rings. The van der Waals surface area contributed by atoms with Crippen LogP contribution in [0.3, 0.4) is 0 Å². The summed E-state index contributed by atoms with van der Waals surface area (Å²) in [7, 11) is -3.75. The molecule has 0 unspecified atom stereocenters. The van der Waals surface area contributed by atoms with E-state index in [0.29, 0.717) is 17.2 Å². The largest absolute Gasteiger partial charge is 0.273 e. The Balaban J connectivity index is 2.13. The van der Waals surface area contributed by atoms with Crippen molar-refractivity contribution >= 4 is 38.6 Å². The van der Waals surface area contributed by atoms with Crippen molar-refractivity contribution in [3.05, 3.63) is 46.0 Å². The molecule has 1 aromatic heterocycles. The third-order valence-corrected chi connectivity index (χ3v) is 6.72. The van der Waals surface area contributed by atoms with Gasteiger partial charge in [0.1, 0.15) is 10.0 Å². The highest BCUT2D eigenvalue weighted by Crippen LogP contribution is 2.36. The van der Waals surface area contributed by atoms with Crippen LogP contribution in [0.2, 0.25) is 4.34 Å². The minimum atomic E-state index is -3.75. The molecule has 106 valence electrons. The van der Waals surface area contributed by atoms with Crippen LogP contribution in [0.5, 0.6) is 0 Å². The Bertz CT molecular complexity index is 757. The number of aryl methyl sites for hydroxylation is 1. The number of nitrogens with zero attached hydrogens (tertiary/aromatic N) is 1. The molecule has 0 saturated heterocycles. The summed E-state index contributed by atoms with van der Waals surface area (Å²) in [6.07, 6.45) is 1.36. The molecule has 3 nitrogen and oxygen atoms in total. The Morgan fingerprint density at radius 3 is 2.75 bits per heavy atom. The van der Waals surface area contributed by atoms with Crippen molar-refractivity contribution in [1.82, 2.24) is 0 Å². The van der Waals surface area contributed by atoms with Gasteiger partial charge in [-0.2, -0.15) is 0 Å². The minimum absolute atomic E-state index is 0.138. The first-order valence-electron chi connectivity index (χ1n) is 6.05. The molecular weight excluding hydrogens is 321 g/mol. The number of rotatable bonds is 2. The Hall–Kier alpha value is -1.11. The lowest BCUT2D eigenvalue weighted by atomic mass is 10.0. The van der Waals surface area contributed by atoms with Gasteiger partial charge in [0.05, 0.1) is 10.0 Å². The fourth-order valence-corrected chi connectivity index (χ4v) is 5.50. The predicted molar refractivity (Wildman–Crippen MR) is 78.6 cm³/mol. The topological polar surface area (TPSA) is 37.4 Å². The number of halogens is 2. The fourth-order valence-electron chi connectivity index (χ4n) is 2.35. The van der Waals surface area contributed by atoms with Crippen LogP contribution >= 0.6 is 22.9 Å². The maximum Gasteiger partial charge on any atom is 0.273 e. The van der Waals surface area contributed by atoms with E-state index >= 15 is 0 Å². The molecule has 0 amide bonds. The average Bonchev–Trinajstić information content (AvgIpc) is 2.86. The molecule has 0 saturated carbocycles. The molecule has 2 aromatic rings. The van der Waals surface area contributed by atoms with Gasteiger partial charge in [-0.3, -0.25) is 4.31 Å². The summed E-state index contributed by atoms with van der Waals surface area (Å²) in [5, 5.41) is 0. The van der Waals surface area contributed by atoms with Crippen molar-refractivity contribution in [3.8, 4) is 0 Å². The number of para-hydroxylation sites is 1. The third-order valence-electron chi connectivity index (χ3n) is 3.22. The van der Waals surface area contributed by atoms with Gasteiger partial charge in [-0.1, -0.05) is 23.7 Å². The molecule has 1 aliphatic rings. The van der Waals surface area contributed by atoms with Crippen molar-refractivity contribution in [2.75, 3.05) is 10.8 Å². The van der Waals surface area contributed by atoms with Crippen LogP contribution in [-0.4, -0.2) is 15.0 Å². The van der Waals surface area contributed by atoms with Crippen LogP contribution in [0.25, 0.3) is 0 Å².